The quantitative estimate of drug-likeness (QED) is 0.752. The summed E-state index contributed by atoms with van der Waals surface area (Å²) in [5.74, 6) is 1.09. The second-order valence-electron chi connectivity index (χ2n) is 8.63. The highest BCUT2D eigenvalue weighted by molar-refractivity contribution is 5.23. The van der Waals surface area contributed by atoms with Crippen LogP contribution in [0.25, 0.3) is 0 Å². The van der Waals surface area contributed by atoms with Gasteiger partial charge in [0.2, 0.25) is 0 Å². The second kappa shape index (κ2) is 5.79. The molecule has 126 valence electrons. The van der Waals surface area contributed by atoms with E-state index in [2.05, 4.69) is 40.3 Å². The lowest BCUT2D eigenvalue weighted by atomic mass is 9.46. The van der Waals surface area contributed by atoms with Crippen molar-refractivity contribution in [1.82, 2.24) is 0 Å². The molecule has 22 heavy (non-hydrogen) atoms. The van der Waals surface area contributed by atoms with E-state index in [0.29, 0.717) is 11.8 Å². The third kappa shape index (κ3) is 2.92. The van der Waals surface area contributed by atoms with E-state index in [-0.39, 0.29) is 16.9 Å². The van der Waals surface area contributed by atoms with Gasteiger partial charge in [0.15, 0.2) is 0 Å². The minimum absolute atomic E-state index is 0.149. The average Bonchev–Trinajstić information content (AvgIpc) is 2.45. The molecule has 2 rings (SSSR count). The maximum atomic E-state index is 10.3. The third-order valence-electron chi connectivity index (χ3n) is 7.22. The van der Waals surface area contributed by atoms with Gasteiger partial charge in [-0.3, -0.25) is 0 Å². The molecule has 1 fully saturated rings. The highest BCUT2D eigenvalue weighted by atomic mass is 16.3. The van der Waals surface area contributed by atoms with E-state index < -0.39 is 5.60 Å². The van der Waals surface area contributed by atoms with E-state index in [1.54, 1.807) is 6.08 Å². The van der Waals surface area contributed by atoms with Gasteiger partial charge in [0.25, 0.3) is 0 Å². The van der Waals surface area contributed by atoms with E-state index in [4.69, 9.17) is 0 Å². The topological polar surface area (TPSA) is 40.5 Å². The highest BCUT2D eigenvalue weighted by Gasteiger charge is 2.54. The first kappa shape index (κ1) is 17.7. The third-order valence-corrected chi connectivity index (χ3v) is 7.22. The van der Waals surface area contributed by atoms with Crippen molar-refractivity contribution in [2.45, 2.75) is 78.4 Å². The SMILES string of the molecule is C=C[C@](C)(O)CC[C@@]1(C)[C@H](C)CC[C@@]2(C)C(C)=C[C@H](O)C[C@H]12. The largest absolute Gasteiger partial charge is 0.389 e. The first-order valence-electron chi connectivity index (χ1n) is 8.78. The van der Waals surface area contributed by atoms with E-state index in [1.807, 2.05) is 6.92 Å². The fraction of sp³-hybridized carbons (Fsp3) is 0.800. The van der Waals surface area contributed by atoms with Crippen LogP contribution in [0.1, 0.15) is 66.7 Å². The molecule has 0 saturated heterocycles. The van der Waals surface area contributed by atoms with Crippen molar-refractivity contribution in [2.75, 3.05) is 0 Å². The Morgan fingerprint density at radius 1 is 1.45 bits per heavy atom. The zero-order valence-electron chi connectivity index (χ0n) is 15.0. The first-order chi connectivity index (χ1) is 10.0. The second-order valence-corrected chi connectivity index (χ2v) is 8.63. The predicted molar refractivity (Wildman–Crippen MR) is 92.5 cm³/mol. The molecule has 0 unspecified atom stereocenters. The fourth-order valence-corrected chi connectivity index (χ4v) is 4.93. The molecule has 0 aromatic rings. The summed E-state index contributed by atoms with van der Waals surface area (Å²) >= 11 is 0. The molecule has 6 atom stereocenters. The molecule has 1 saturated carbocycles. The average molecular weight is 306 g/mol. The molecule has 0 aromatic carbocycles. The van der Waals surface area contributed by atoms with Gasteiger partial charge < -0.3 is 10.2 Å². The molecule has 0 bridgehead atoms. The number of aliphatic hydroxyl groups is 2. The molecule has 0 heterocycles. The number of allylic oxidation sites excluding steroid dienone is 1. The van der Waals surface area contributed by atoms with Crippen LogP contribution in [0.4, 0.5) is 0 Å². The van der Waals surface area contributed by atoms with Crippen LogP contribution in [0, 0.1) is 22.7 Å². The minimum atomic E-state index is -0.797. The Morgan fingerprint density at radius 2 is 2.09 bits per heavy atom. The molecule has 2 aliphatic rings. The molecule has 2 N–H and O–H groups in total. The lowest BCUT2D eigenvalue weighted by molar-refractivity contribution is -0.0740. The van der Waals surface area contributed by atoms with Gasteiger partial charge in [-0.05, 0) is 68.6 Å². The summed E-state index contributed by atoms with van der Waals surface area (Å²) in [7, 11) is 0. The van der Waals surface area contributed by atoms with Crippen LogP contribution in [-0.2, 0) is 0 Å². The lowest BCUT2D eigenvalue weighted by Gasteiger charge is -2.59. The molecule has 0 radical (unpaired) electrons. The van der Waals surface area contributed by atoms with Crippen molar-refractivity contribution in [3.8, 4) is 0 Å². The number of hydrogen-bond acceptors (Lipinski definition) is 2. The summed E-state index contributed by atoms with van der Waals surface area (Å²) in [6.07, 6.45) is 8.41. The van der Waals surface area contributed by atoms with Crippen LogP contribution in [-0.4, -0.2) is 21.9 Å². The zero-order valence-corrected chi connectivity index (χ0v) is 15.0. The lowest BCUT2D eigenvalue weighted by Crippen LogP contribution is -2.52. The van der Waals surface area contributed by atoms with Crippen LogP contribution in [0.2, 0.25) is 0 Å². The van der Waals surface area contributed by atoms with Crippen molar-refractivity contribution in [2.24, 2.45) is 22.7 Å². The van der Waals surface area contributed by atoms with Gasteiger partial charge >= 0.3 is 0 Å². The van der Waals surface area contributed by atoms with Crippen molar-refractivity contribution >= 4 is 0 Å². The Kier molecular flexibility index (Phi) is 4.68. The Labute approximate surface area is 136 Å². The first-order valence-corrected chi connectivity index (χ1v) is 8.78. The van der Waals surface area contributed by atoms with E-state index in [0.717, 1.165) is 19.3 Å². The van der Waals surface area contributed by atoms with Crippen LogP contribution >= 0.6 is 0 Å². The smallest absolute Gasteiger partial charge is 0.0797 e. The summed E-state index contributed by atoms with van der Waals surface area (Å²) in [6.45, 7) is 14.9. The zero-order chi connectivity index (χ0) is 16.8. The molecule has 2 nitrogen and oxygen atoms in total. The normalized spacial score (nSPS) is 44.7. The van der Waals surface area contributed by atoms with Gasteiger partial charge in [-0.25, -0.2) is 0 Å². The molecule has 0 amide bonds. The van der Waals surface area contributed by atoms with Crippen molar-refractivity contribution in [3.05, 3.63) is 24.3 Å². The number of hydrogen-bond donors (Lipinski definition) is 2. The molecule has 2 aliphatic carbocycles. The van der Waals surface area contributed by atoms with Crippen LogP contribution in [0.5, 0.6) is 0 Å². The molecular weight excluding hydrogens is 272 g/mol. The van der Waals surface area contributed by atoms with Gasteiger partial charge in [-0.1, -0.05) is 38.5 Å². The van der Waals surface area contributed by atoms with Crippen molar-refractivity contribution in [1.29, 1.82) is 0 Å². The number of rotatable bonds is 4. The van der Waals surface area contributed by atoms with E-state index >= 15 is 0 Å². The Balaban J connectivity index is 2.32. The Hall–Kier alpha value is -0.600. The summed E-state index contributed by atoms with van der Waals surface area (Å²) in [5.41, 5.74) is 0.899. The molecular formula is C20H34O2. The van der Waals surface area contributed by atoms with Crippen LogP contribution in [0.3, 0.4) is 0 Å². The van der Waals surface area contributed by atoms with E-state index in [1.165, 1.54) is 18.4 Å². The molecule has 2 heteroatoms. The summed E-state index contributed by atoms with van der Waals surface area (Å²) < 4.78 is 0. The van der Waals surface area contributed by atoms with Crippen LogP contribution < -0.4 is 0 Å². The molecule has 0 spiro atoms. The standard InChI is InChI=1S/C20H34O2/c1-7-18(4,22)10-11-20(6)14(2)8-9-19(5)15(3)12-16(21)13-17(19)20/h7,12,14,16-17,21-22H,1,8-11,13H2,2-6H3/t14-,16+,17+,18+,19+,20+/m1/s1. The number of fused-ring (bicyclic) bond motifs is 1. The Bertz CT molecular complexity index is 464. The number of aliphatic hydroxyl groups excluding tert-OH is 1. The minimum Gasteiger partial charge on any atom is -0.389 e. The Morgan fingerprint density at radius 3 is 2.68 bits per heavy atom. The predicted octanol–water partition coefficient (Wildman–Crippen LogP) is 4.47. The van der Waals surface area contributed by atoms with Crippen LogP contribution in [0.15, 0.2) is 24.3 Å². The monoisotopic (exact) mass is 306 g/mol. The van der Waals surface area contributed by atoms with Crippen molar-refractivity contribution < 1.29 is 10.2 Å². The molecule has 0 aliphatic heterocycles. The van der Waals surface area contributed by atoms with Gasteiger partial charge in [0, 0.05) is 0 Å². The van der Waals surface area contributed by atoms with E-state index in [9.17, 15) is 10.2 Å². The summed E-state index contributed by atoms with van der Waals surface area (Å²) in [6, 6.07) is 0. The summed E-state index contributed by atoms with van der Waals surface area (Å²) in [4.78, 5) is 0. The maximum Gasteiger partial charge on any atom is 0.0797 e. The maximum absolute atomic E-state index is 10.3. The summed E-state index contributed by atoms with van der Waals surface area (Å²) in [5, 5.41) is 20.6. The van der Waals surface area contributed by atoms with Gasteiger partial charge in [0.1, 0.15) is 0 Å². The fourth-order valence-electron chi connectivity index (χ4n) is 4.93. The van der Waals surface area contributed by atoms with Gasteiger partial charge in [0.05, 0.1) is 11.7 Å². The van der Waals surface area contributed by atoms with Gasteiger partial charge in [-0.15, -0.1) is 6.58 Å². The highest BCUT2D eigenvalue weighted by Crippen LogP contribution is 2.62. The molecule has 0 aromatic heterocycles. The van der Waals surface area contributed by atoms with Gasteiger partial charge in [-0.2, -0.15) is 0 Å². The van der Waals surface area contributed by atoms with Crippen molar-refractivity contribution in [3.63, 3.8) is 0 Å².